The summed E-state index contributed by atoms with van der Waals surface area (Å²) in [6, 6.07) is 12.4. The Morgan fingerprint density at radius 2 is 1.81 bits per heavy atom. The lowest BCUT2D eigenvalue weighted by Crippen LogP contribution is -2.27. The van der Waals surface area contributed by atoms with Crippen molar-refractivity contribution in [3.8, 4) is 5.75 Å². The molecule has 1 fully saturated rings. The highest BCUT2D eigenvalue weighted by atomic mass is 35.5. The number of halogens is 2. The van der Waals surface area contributed by atoms with E-state index in [4.69, 9.17) is 40.2 Å². The second-order valence-corrected chi connectivity index (χ2v) is 7.86. The lowest BCUT2D eigenvalue weighted by molar-refractivity contribution is -0.113. The van der Waals surface area contributed by atoms with E-state index >= 15 is 0 Å². The van der Waals surface area contributed by atoms with Gasteiger partial charge in [-0.05, 0) is 42.0 Å². The minimum Gasteiger partial charge on any atom is -0.490 e. The molecule has 0 unspecified atom stereocenters. The first-order valence-corrected chi connectivity index (χ1v) is 9.54. The third-order valence-corrected chi connectivity index (χ3v) is 5.18. The van der Waals surface area contributed by atoms with Crippen molar-refractivity contribution < 1.29 is 9.53 Å². The van der Waals surface area contributed by atoms with Crippen molar-refractivity contribution in [3.05, 3.63) is 75.6 Å². The second-order valence-electron chi connectivity index (χ2n) is 5.31. The van der Waals surface area contributed by atoms with Gasteiger partial charge in [-0.15, -0.1) is 0 Å². The zero-order valence-corrected chi connectivity index (χ0v) is 16.6. The van der Waals surface area contributed by atoms with Crippen LogP contribution in [0.15, 0.2) is 60.0 Å². The van der Waals surface area contributed by atoms with Crippen molar-refractivity contribution in [3.63, 3.8) is 0 Å². The van der Waals surface area contributed by atoms with E-state index in [-0.39, 0.29) is 5.91 Å². The molecule has 0 atom stereocenters. The molecule has 1 aliphatic rings. The molecule has 2 aromatic carbocycles. The molecule has 132 valence electrons. The molecule has 1 saturated heterocycles. The third kappa shape index (κ3) is 4.30. The molecule has 1 heterocycles. The van der Waals surface area contributed by atoms with E-state index in [0.717, 1.165) is 11.3 Å². The summed E-state index contributed by atoms with van der Waals surface area (Å²) in [7, 11) is 0. The maximum atomic E-state index is 12.8. The largest absolute Gasteiger partial charge is 0.490 e. The van der Waals surface area contributed by atoms with E-state index in [9.17, 15) is 4.79 Å². The van der Waals surface area contributed by atoms with Crippen LogP contribution in [0.3, 0.4) is 0 Å². The quantitative estimate of drug-likeness (QED) is 0.338. The molecule has 7 heteroatoms. The lowest BCUT2D eigenvalue weighted by Gasteiger charge is -2.15. The monoisotopic (exact) mass is 421 g/mol. The van der Waals surface area contributed by atoms with Crippen molar-refractivity contribution in [1.82, 2.24) is 0 Å². The van der Waals surface area contributed by atoms with Crippen LogP contribution in [0.25, 0.3) is 6.08 Å². The summed E-state index contributed by atoms with van der Waals surface area (Å²) in [5.41, 5.74) is 1.43. The number of carbonyl (C=O) groups is 1. The first kappa shape index (κ1) is 19.0. The summed E-state index contributed by atoms with van der Waals surface area (Å²) in [6.07, 6.45) is 3.48. The Bertz CT molecular complexity index is 890. The summed E-state index contributed by atoms with van der Waals surface area (Å²) >= 11 is 18.7. The highest BCUT2D eigenvalue weighted by molar-refractivity contribution is 8.27. The Morgan fingerprint density at radius 1 is 1.15 bits per heavy atom. The number of anilines is 1. The van der Waals surface area contributed by atoms with Crippen LogP contribution >= 0.6 is 47.2 Å². The molecule has 0 radical (unpaired) electrons. The van der Waals surface area contributed by atoms with Crippen LogP contribution in [0.4, 0.5) is 5.69 Å². The van der Waals surface area contributed by atoms with Crippen molar-refractivity contribution in [2.45, 2.75) is 0 Å². The van der Waals surface area contributed by atoms with Crippen LogP contribution in [0.5, 0.6) is 5.75 Å². The third-order valence-electron chi connectivity index (χ3n) is 3.44. The number of rotatable bonds is 5. The highest BCUT2D eigenvalue weighted by Crippen LogP contribution is 2.37. The van der Waals surface area contributed by atoms with Gasteiger partial charge in [-0.3, -0.25) is 9.69 Å². The average molecular weight is 422 g/mol. The Hall–Kier alpha value is -1.79. The number of thioether (sulfide) groups is 1. The van der Waals surface area contributed by atoms with Crippen molar-refractivity contribution in [2.75, 3.05) is 11.5 Å². The Labute approximate surface area is 171 Å². The molecule has 1 aliphatic heterocycles. The number of hydrogen-bond acceptors (Lipinski definition) is 4. The SMILES string of the molecule is C=CCOc1ccc(/C=C2\SC(=S)N(c3cc(Cl)cc(Cl)c3)C2=O)cc1. The maximum Gasteiger partial charge on any atom is 0.270 e. The van der Waals surface area contributed by atoms with Crippen LogP contribution in [0, 0.1) is 0 Å². The fraction of sp³-hybridized carbons (Fsp3) is 0.0526. The summed E-state index contributed by atoms with van der Waals surface area (Å²) in [5, 5.41) is 0.890. The standard InChI is InChI=1S/C19H13Cl2NO2S2/c1-2-7-24-16-5-3-12(4-6-16)8-17-18(23)22(19(25)26-17)15-10-13(20)9-14(21)11-15/h2-6,8-11H,1,7H2/b17-8-. The first-order chi connectivity index (χ1) is 12.5. The van der Waals surface area contributed by atoms with Gasteiger partial charge in [-0.2, -0.15) is 0 Å². The average Bonchev–Trinajstić information content (AvgIpc) is 2.87. The highest BCUT2D eigenvalue weighted by Gasteiger charge is 2.33. The van der Waals surface area contributed by atoms with Gasteiger partial charge in [0.05, 0.1) is 10.6 Å². The number of benzene rings is 2. The van der Waals surface area contributed by atoms with E-state index in [1.807, 2.05) is 24.3 Å². The lowest BCUT2D eigenvalue weighted by atomic mass is 10.2. The van der Waals surface area contributed by atoms with Gasteiger partial charge in [0.1, 0.15) is 12.4 Å². The Balaban J connectivity index is 1.84. The molecule has 3 nitrogen and oxygen atoms in total. The molecule has 26 heavy (non-hydrogen) atoms. The van der Waals surface area contributed by atoms with E-state index in [1.165, 1.54) is 16.7 Å². The normalized spacial score (nSPS) is 15.6. The fourth-order valence-corrected chi connectivity index (χ4v) is 4.14. The molecule has 3 rings (SSSR count). The zero-order chi connectivity index (χ0) is 18.7. The van der Waals surface area contributed by atoms with Gasteiger partial charge in [0, 0.05) is 10.0 Å². The van der Waals surface area contributed by atoms with Gasteiger partial charge in [-0.25, -0.2) is 0 Å². The molecular weight excluding hydrogens is 409 g/mol. The predicted molar refractivity (Wildman–Crippen MR) is 114 cm³/mol. The summed E-state index contributed by atoms with van der Waals surface area (Å²) < 4.78 is 5.89. The molecule has 0 aliphatic carbocycles. The number of thiocarbonyl (C=S) groups is 1. The van der Waals surface area contributed by atoms with Crippen LogP contribution < -0.4 is 9.64 Å². The summed E-state index contributed by atoms with van der Waals surface area (Å²) in [4.78, 5) is 14.7. The minimum absolute atomic E-state index is 0.203. The molecule has 0 spiro atoms. The smallest absolute Gasteiger partial charge is 0.270 e. The van der Waals surface area contributed by atoms with E-state index in [1.54, 1.807) is 30.4 Å². The molecular formula is C19H13Cl2NO2S2. The molecule has 1 amide bonds. The van der Waals surface area contributed by atoms with Gasteiger partial charge in [0.25, 0.3) is 5.91 Å². The number of amides is 1. The zero-order valence-electron chi connectivity index (χ0n) is 13.4. The van der Waals surface area contributed by atoms with Crippen LogP contribution in [-0.4, -0.2) is 16.8 Å². The molecule has 0 bridgehead atoms. The second kappa shape index (κ2) is 8.27. The minimum atomic E-state index is -0.203. The first-order valence-electron chi connectivity index (χ1n) is 7.56. The number of ether oxygens (including phenoxy) is 1. The van der Waals surface area contributed by atoms with E-state index in [2.05, 4.69) is 6.58 Å². The molecule has 0 aromatic heterocycles. The van der Waals surface area contributed by atoms with Crippen molar-refractivity contribution >= 4 is 69.2 Å². The predicted octanol–water partition coefficient (Wildman–Crippen LogP) is 5.96. The molecule has 0 saturated carbocycles. The van der Waals surface area contributed by atoms with Crippen LogP contribution in [0.2, 0.25) is 10.0 Å². The van der Waals surface area contributed by atoms with Gasteiger partial charge >= 0.3 is 0 Å². The Kier molecular flexibility index (Phi) is 6.04. The van der Waals surface area contributed by atoms with Gasteiger partial charge < -0.3 is 4.74 Å². The Morgan fingerprint density at radius 3 is 2.42 bits per heavy atom. The van der Waals surface area contributed by atoms with Gasteiger partial charge in [0.2, 0.25) is 0 Å². The fourth-order valence-electron chi connectivity index (χ4n) is 2.33. The number of carbonyl (C=O) groups excluding carboxylic acids is 1. The van der Waals surface area contributed by atoms with E-state index in [0.29, 0.717) is 31.6 Å². The number of hydrogen-bond donors (Lipinski definition) is 0. The van der Waals surface area contributed by atoms with Crippen molar-refractivity contribution in [1.29, 1.82) is 0 Å². The van der Waals surface area contributed by atoms with Crippen molar-refractivity contribution in [2.24, 2.45) is 0 Å². The van der Waals surface area contributed by atoms with Gasteiger partial charge in [0.15, 0.2) is 4.32 Å². The van der Waals surface area contributed by atoms with Crippen LogP contribution in [0.1, 0.15) is 5.56 Å². The summed E-state index contributed by atoms with van der Waals surface area (Å²) in [5.74, 6) is 0.536. The molecule has 2 aromatic rings. The maximum absolute atomic E-state index is 12.8. The number of nitrogens with zero attached hydrogens (tertiary/aromatic N) is 1. The van der Waals surface area contributed by atoms with Crippen LogP contribution in [-0.2, 0) is 4.79 Å². The summed E-state index contributed by atoms with van der Waals surface area (Å²) in [6.45, 7) is 4.06. The topological polar surface area (TPSA) is 29.5 Å². The van der Waals surface area contributed by atoms with E-state index < -0.39 is 0 Å². The van der Waals surface area contributed by atoms with Gasteiger partial charge in [-0.1, -0.05) is 72.0 Å². The molecule has 0 N–H and O–H groups in total.